The van der Waals surface area contributed by atoms with Crippen LogP contribution in [0.5, 0.6) is 0 Å². The van der Waals surface area contributed by atoms with Crippen LogP contribution in [0.1, 0.15) is 31.4 Å². The summed E-state index contributed by atoms with van der Waals surface area (Å²) in [4.78, 5) is 26.6. The number of benzene rings is 2. The molecule has 5 heteroatoms. The van der Waals surface area contributed by atoms with Crippen LogP contribution in [0.15, 0.2) is 60.7 Å². The minimum absolute atomic E-state index is 0.0761. The fourth-order valence-electron chi connectivity index (χ4n) is 3.70. The lowest BCUT2D eigenvalue weighted by molar-refractivity contribution is -0.127. The molecular weight excluding hydrogens is 338 g/mol. The maximum Gasteiger partial charge on any atom is 0.318 e. The van der Waals surface area contributed by atoms with Gasteiger partial charge in [-0.25, -0.2) is 4.79 Å². The molecule has 0 bridgehead atoms. The molecule has 3 amide bonds. The van der Waals surface area contributed by atoms with Crippen LogP contribution >= 0.6 is 0 Å². The van der Waals surface area contributed by atoms with E-state index >= 15 is 0 Å². The van der Waals surface area contributed by atoms with Crippen molar-refractivity contribution in [2.24, 2.45) is 0 Å². The molecular formula is C22H27N3O2. The molecule has 5 nitrogen and oxygen atoms in total. The summed E-state index contributed by atoms with van der Waals surface area (Å²) < 4.78 is 0. The highest BCUT2D eigenvalue weighted by atomic mass is 16.2. The highest BCUT2D eigenvalue weighted by Gasteiger charge is 2.34. The van der Waals surface area contributed by atoms with Crippen molar-refractivity contribution >= 4 is 11.9 Å². The molecule has 1 atom stereocenters. The monoisotopic (exact) mass is 365 g/mol. The van der Waals surface area contributed by atoms with E-state index in [1.807, 2.05) is 43.3 Å². The second-order valence-corrected chi connectivity index (χ2v) is 7.13. The van der Waals surface area contributed by atoms with Gasteiger partial charge < -0.3 is 15.5 Å². The van der Waals surface area contributed by atoms with E-state index in [0.717, 1.165) is 11.1 Å². The average molecular weight is 365 g/mol. The summed E-state index contributed by atoms with van der Waals surface area (Å²) in [7, 11) is 0. The number of urea groups is 1. The van der Waals surface area contributed by atoms with Crippen LogP contribution in [0.3, 0.4) is 0 Å². The number of hydrogen-bond acceptors (Lipinski definition) is 2. The van der Waals surface area contributed by atoms with Crippen LogP contribution in [-0.4, -0.2) is 42.5 Å². The summed E-state index contributed by atoms with van der Waals surface area (Å²) in [6.45, 7) is 5.54. The van der Waals surface area contributed by atoms with Gasteiger partial charge in [0.1, 0.15) is 6.04 Å². The predicted octanol–water partition coefficient (Wildman–Crippen LogP) is 2.91. The van der Waals surface area contributed by atoms with Crippen molar-refractivity contribution in [2.75, 3.05) is 19.6 Å². The van der Waals surface area contributed by atoms with E-state index in [1.165, 1.54) is 0 Å². The molecule has 2 aromatic rings. The van der Waals surface area contributed by atoms with Gasteiger partial charge in [-0.1, -0.05) is 67.6 Å². The Morgan fingerprint density at radius 1 is 1.11 bits per heavy atom. The van der Waals surface area contributed by atoms with Crippen LogP contribution in [-0.2, 0) is 10.2 Å². The summed E-state index contributed by atoms with van der Waals surface area (Å²) in [6.07, 6.45) is 0.605. The molecule has 1 aliphatic rings. The van der Waals surface area contributed by atoms with E-state index in [1.54, 1.807) is 4.90 Å². The number of nitrogens with one attached hydrogen (secondary N) is 2. The minimum Gasteiger partial charge on any atom is -0.353 e. The Kier molecular flexibility index (Phi) is 5.79. The third-order valence-corrected chi connectivity index (χ3v) is 5.39. The lowest BCUT2D eigenvalue weighted by Crippen LogP contribution is -2.60. The summed E-state index contributed by atoms with van der Waals surface area (Å²) >= 11 is 0. The Balaban J connectivity index is 1.81. The van der Waals surface area contributed by atoms with Crippen molar-refractivity contribution in [3.8, 4) is 0 Å². The van der Waals surface area contributed by atoms with Gasteiger partial charge in [0.15, 0.2) is 0 Å². The van der Waals surface area contributed by atoms with Gasteiger partial charge in [0, 0.05) is 25.0 Å². The maximum absolute atomic E-state index is 12.9. The van der Waals surface area contributed by atoms with Crippen molar-refractivity contribution < 1.29 is 9.59 Å². The standard InChI is InChI=1S/C22H27N3O2/c1-3-19-20(26)23-14-15-25(19)21(27)24-16-22(2,17-10-6-4-7-11-17)18-12-8-5-9-13-18/h4-13,19H,3,14-16H2,1-2H3,(H,23,26)(H,24,27)/t19-/m1/s1. The molecule has 1 fully saturated rings. The van der Waals surface area contributed by atoms with Crippen LogP contribution in [0.25, 0.3) is 0 Å². The van der Waals surface area contributed by atoms with Gasteiger partial charge in [0.25, 0.3) is 0 Å². The first-order valence-electron chi connectivity index (χ1n) is 9.49. The van der Waals surface area contributed by atoms with Gasteiger partial charge in [-0.05, 0) is 24.5 Å². The van der Waals surface area contributed by atoms with E-state index < -0.39 is 6.04 Å². The molecule has 1 saturated heterocycles. The molecule has 0 aliphatic carbocycles. The topological polar surface area (TPSA) is 61.4 Å². The van der Waals surface area contributed by atoms with Gasteiger partial charge in [0.05, 0.1) is 0 Å². The number of piperazine rings is 1. The normalized spacial score (nSPS) is 17.3. The van der Waals surface area contributed by atoms with Crippen LogP contribution in [0.2, 0.25) is 0 Å². The molecule has 1 aliphatic heterocycles. The molecule has 27 heavy (non-hydrogen) atoms. The SMILES string of the molecule is CC[C@@H]1C(=O)NCCN1C(=O)NCC(C)(c1ccccc1)c1ccccc1. The van der Waals surface area contributed by atoms with Gasteiger partial charge in [0.2, 0.25) is 5.91 Å². The first kappa shape index (κ1) is 19.0. The van der Waals surface area contributed by atoms with E-state index in [9.17, 15) is 9.59 Å². The molecule has 0 radical (unpaired) electrons. The zero-order valence-electron chi connectivity index (χ0n) is 15.9. The van der Waals surface area contributed by atoms with Crippen LogP contribution < -0.4 is 10.6 Å². The number of amides is 3. The molecule has 1 heterocycles. The molecule has 0 unspecified atom stereocenters. The van der Waals surface area contributed by atoms with Gasteiger partial charge in [-0.15, -0.1) is 0 Å². The zero-order chi connectivity index (χ0) is 19.3. The largest absolute Gasteiger partial charge is 0.353 e. The van der Waals surface area contributed by atoms with E-state index in [0.29, 0.717) is 26.1 Å². The Morgan fingerprint density at radius 3 is 2.19 bits per heavy atom. The first-order valence-corrected chi connectivity index (χ1v) is 9.49. The average Bonchev–Trinajstić information content (AvgIpc) is 2.73. The van der Waals surface area contributed by atoms with E-state index in [4.69, 9.17) is 0 Å². The summed E-state index contributed by atoms with van der Waals surface area (Å²) in [5.41, 5.74) is 1.91. The van der Waals surface area contributed by atoms with Crippen LogP contribution in [0.4, 0.5) is 4.79 Å². The molecule has 0 aromatic heterocycles. The zero-order valence-corrected chi connectivity index (χ0v) is 15.9. The summed E-state index contributed by atoms with van der Waals surface area (Å²) in [5.74, 6) is -0.0761. The van der Waals surface area contributed by atoms with Gasteiger partial charge in [-0.2, -0.15) is 0 Å². The molecule has 0 saturated carbocycles. The predicted molar refractivity (Wildman–Crippen MR) is 107 cm³/mol. The molecule has 3 rings (SSSR count). The molecule has 2 aromatic carbocycles. The van der Waals surface area contributed by atoms with Gasteiger partial charge >= 0.3 is 6.03 Å². The Hall–Kier alpha value is -2.82. The quantitative estimate of drug-likeness (QED) is 0.856. The van der Waals surface area contributed by atoms with Gasteiger partial charge in [-0.3, -0.25) is 4.79 Å². The van der Waals surface area contributed by atoms with Crippen molar-refractivity contribution in [1.82, 2.24) is 15.5 Å². The van der Waals surface area contributed by atoms with Crippen molar-refractivity contribution in [2.45, 2.75) is 31.7 Å². The summed E-state index contributed by atoms with van der Waals surface area (Å²) in [6, 6.07) is 19.8. The lowest BCUT2D eigenvalue weighted by Gasteiger charge is -2.36. The highest BCUT2D eigenvalue weighted by Crippen LogP contribution is 2.31. The summed E-state index contributed by atoms with van der Waals surface area (Å²) in [5, 5.41) is 5.91. The van der Waals surface area contributed by atoms with Crippen molar-refractivity contribution in [3.63, 3.8) is 0 Å². The van der Waals surface area contributed by atoms with E-state index in [2.05, 4.69) is 41.8 Å². The molecule has 0 spiro atoms. The highest BCUT2D eigenvalue weighted by molar-refractivity contribution is 5.88. The maximum atomic E-state index is 12.9. The lowest BCUT2D eigenvalue weighted by atomic mass is 9.76. The third kappa shape index (κ3) is 3.97. The molecule has 142 valence electrons. The number of hydrogen-bond donors (Lipinski definition) is 2. The number of carbonyl (C=O) groups is 2. The minimum atomic E-state index is -0.404. The smallest absolute Gasteiger partial charge is 0.318 e. The van der Waals surface area contributed by atoms with Crippen molar-refractivity contribution in [1.29, 1.82) is 0 Å². The number of carbonyl (C=O) groups excluding carboxylic acids is 2. The second-order valence-electron chi connectivity index (χ2n) is 7.13. The fraction of sp³-hybridized carbons (Fsp3) is 0.364. The van der Waals surface area contributed by atoms with Crippen LogP contribution in [0, 0.1) is 0 Å². The van der Waals surface area contributed by atoms with E-state index in [-0.39, 0.29) is 17.4 Å². The Labute approximate surface area is 160 Å². The van der Waals surface area contributed by atoms with Crippen molar-refractivity contribution in [3.05, 3.63) is 71.8 Å². The Bertz CT molecular complexity index is 737. The fourth-order valence-corrected chi connectivity index (χ4v) is 3.70. The number of nitrogens with zero attached hydrogens (tertiary/aromatic N) is 1. The second kappa shape index (κ2) is 8.25. The first-order chi connectivity index (χ1) is 13.1. The molecule has 2 N–H and O–H groups in total. The number of rotatable bonds is 5. The Morgan fingerprint density at radius 2 is 1.67 bits per heavy atom. The third-order valence-electron chi connectivity index (χ3n) is 5.39.